The van der Waals surface area contributed by atoms with E-state index in [1.54, 1.807) is 19.2 Å². The third-order valence-corrected chi connectivity index (χ3v) is 7.08. The summed E-state index contributed by atoms with van der Waals surface area (Å²) in [6.45, 7) is 0. The summed E-state index contributed by atoms with van der Waals surface area (Å²) in [6, 6.07) is 16.1. The summed E-state index contributed by atoms with van der Waals surface area (Å²) >= 11 is 0. The number of benzene rings is 3. The monoisotopic (exact) mass is 467 g/mol. The molecule has 33 heavy (non-hydrogen) atoms. The molecular formula is C24H21NO7S. The molecule has 0 fully saturated rings. The second kappa shape index (κ2) is 8.51. The molecule has 3 aromatic carbocycles. The number of aromatic nitrogens is 1. The zero-order chi connectivity index (χ0) is 23.8. The molecule has 170 valence electrons. The smallest absolute Gasteiger partial charge is 0.303 e. The number of ether oxygens (including phenoxy) is 1. The van der Waals surface area contributed by atoms with E-state index in [1.165, 1.54) is 24.4 Å². The number of nitrogens with zero attached hydrogens (tertiary/aromatic N) is 1. The minimum atomic E-state index is -4.07. The van der Waals surface area contributed by atoms with Crippen molar-refractivity contribution in [1.29, 1.82) is 0 Å². The van der Waals surface area contributed by atoms with Crippen molar-refractivity contribution in [3.8, 4) is 28.4 Å². The Labute approximate surface area is 190 Å². The number of fused-ring (bicyclic) bond motifs is 1. The first-order chi connectivity index (χ1) is 15.7. The summed E-state index contributed by atoms with van der Waals surface area (Å²) in [7, 11) is -2.49. The van der Waals surface area contributed by atoms with Crippen molar-refractivity contribution in [2.75, 3.05) is 7.11 Å². The molecule has 1 aromatic heterocycles. The van der Waals surface area contributed by atoms with Gasteiger partial charge in [-0.1, -0.05) is 24.3 Å². The third kappa shape index (κ3) is 4.22. The van der Waals surface area contributed by atoms with Crippen LogP contribution in [0.15, 0.2) is 71.8 Å². The first kappa shape index (κ1) is 22.2. The van der Waals surface area contributed by atoms with Crippen LogP contribution in [0.3, 0.4) is 0 Å². The first-order valence-corrected chi connectivity index (χ1v) is 11.4. The second-order valence-corrected chi connectivity index (χ2v) is 9.27. The fraction of sp³-hybridized carbons (Fsp3) is 0.125. The third-order valence-electron chi connectivity index (χ3n) is 5.39. The van der Waals surface area contributed by atoms with Crippen molar-refractivity contribution in [3.63, 3.8) is 0 Å². The van der Waals surface area contributed by atoms with E-state index in [-0.39, 0.29) is 23.3 Å². The van der Waals surface area contributed by atoms with Gasteiger partial charge in [-0.2, -0.15) is 0 Å². The van der Waals surface area contributed by atoms with E-state index >= 15 is 0 Å². The molecule has 0 bridgehead atoms. The zero-order valence-electron chi connectivity index (χ0n) is 17.6. The van der Waals surface area contributed by atoms with E-state index in [0.717, 1.165) is 21.2 Å². The van der Waals surface area contributed by atoms with Crippen LogP contribution in [-0.2, 0) is 21.2 Å². The summed E-state index contributed by atoms with van der Waals surface area (Å²) in [4.78, 5) is 11.0. The number of hydrogen-bond donors (Lipinski definition) is 3. The molecule has 0 amide bonds. The van der Waals surface area contributed by atoms with Crippen molar-refractivity contribution in [3.05, 3.63) is 72.4 Å². The van der Waals surface area contributed by atoms with Gasteiger partial charge in [-0.25, -0.2) is 12.4 Å². The van der Waals surface area contributed by atoms with Gasteiger partial charge >= 0.3 is 5.97 Å². The van der Waals surface area contributed by atoms with Crippen LogP contribution in [0.2, 0.25) is 0 Å². The van der Waals surface area contributed by atoms with Gasteiger partial charge in [-0.05, 0) is 53.4 Å². The summed E-state index contributed by atoms with van der Waals surface area (Å²) in [6.07, 6.45) is 1.19. The Hall–Kier alpha value is -3.98. The average Bonchev–Trinajstić information content (AvgIpc) is 3.16. The maximum absolute atomic E-state index is 13.4. The highest BCUT2D eigenvalue weighted by atomic mass is 32.2. The van der Waals surface area contributed by atoms with Gasteiger partial charge in [0.15, 0.2) is 11.5 Å². The number of aromatic hydroxyl groups is 2. The quantitative estimate of drug-likeness (QED) is 0.351. The Balaban J connectivity index is 1.76. The number of phenolic OH excluding ortho intramolecular Hbond substituents is 2. The van der Waals surface area contributed by atoms with Crippen LogP contribution in [-0.4, -0.2) is 40.8 Å². The minimum Gasteiger partial charge on any atom is -0.504 e. The van der Waals surface area contributed by atoms with E-state index < -0.39 is 27.5 Å². The predicted octanol–water partition coefficient (Wildman–Crippen LogP) is 3.98. The molecule has 0 saturated carbocycles. The maximum Gasteiger partial charge on any atom is 0.303 e. The van der Waals surface area contributed by atoms with Crippen LogP contribution in [0, 0.1) is 0 Å². The molecule has 0 spiro atoms. The number of carboxylic acids is 1. The van der Waals surface area contributed by atoms with E-state index in [9.17, 15) is 23.4 Å². The van der Waals surface area contributed by atoms with Crippen molar-refractivity contribution >= 4 is 26.9 Å². The summed E-state index contributed by atoms with van der Waals surface area (Å²) in [5, 5.41) is 29.2. The SMILES string of the molecule is COc1ccc(-c2ccc(S(=O)(=O)n3cc(CCC(=O)O)c4cc(O)c(O)cc43)cc2)cc1. The Bertz CT molecular complexity index is 1440. The summed E-state index contributed by atoms with van der Waals surface area (Å²) in [5.41, 5.74) is 2.28. The number of methoxy groups -OCH3 is 1. The van der Waals surface area contributed by atoms with Crippen molar-refractivity contribution < 1.29 is 33.3 Å². The molecular weight excluding hydrogens is 446 g/mol. The molecule has 4 aromatic rings. The first-order valence-electron chi connectivity index (χ1n) is 9.98. The van der Waals surface area contributed by atoms with Crippen LogP contribution in [0.25, 0.3) is 22.0 Å². The lowest BCUT2D eigenvalue weighted by Crippen LogP contribution is -2.11. The molecule has 9 heteroatoms. The lowest BCUT2D eigenvalue weighted by atomic mass is 10.1. The molecule has 0 aliphatic heterocycles. The summed E-state index contributed by atoms with van der Waals surface area (Å²) < 4.78 is 33.0. The van der Waals surface area contributed by atoms with E-state index in [0.29, 0.717) is 16.7 Å². The van der Waals surface area contributed by atoms with E-state index in [1.807, 2.05) is 24.3 Å². The largest absolute Gasteiger partial charge is 0.504 e. The molecule has 0 aliphatic rings. The number of rotatable bonds is 7. The fourth-order valence-corrected chi connectivity index (χ4v) is 5.03. The highest BCUT2D eigenvalue weighted by molar-refractivity contribution is 7.90. The van der Waals surface area contributed by atoms with Gasteiger partial charge in [0.1, 0.15) is 5.75 Å². The number of carbonyl (C=O) groups is 1. The second-order valence-electron chi connectivity index (χ2n) is 7.46. The van der Waals surface area contributed by atoms with Gasteiger partial charge in [-0.3, -0.25) is 4.79 Å². The number of hydrogen-bond acceptors (Lipinski definition) is 6. The topological polar surface area (TPSA) is 126 Å². The van der Waals surface area contributed by atoms with Gasteiger partial charge in [-0.15, -0.1) is 0 Å². The number of phenols is 2. The van der Waals surface area contributed by atoms with Crippen LogP contribution in [0.4, 0.5) is 0 Å². The Morgan fingerprint density at radius 2 is 1.52 bits per heavy atom. The van der Waals surface area contributed by atoms with E-state index in [4.69, 9.17) is 9.84 Å². The average molecular weight is 467 g/mol. The van der Waals surface area contributed by atoms with Crippen LogP contribution >= 0.6 is 0 Å². The Kier molecular flexibility index (Phi) is 5.73. The standard InChI is InChI=1S/C24H21NO7S/c1-32-18-7-2-15(3-8-18)16-4-9-19(10-5-16)33(30,31)25-14-17(6-11-24(28)29)20-12-22(26)23(27)13-21(20)25/h2-5,7-10,12-14,26-27H,6,11H2,1H3,(H,28,29). The van der Waals surface area contributed by atoms with Crippen molar-refractivity contribution in [1.82, 2.24) is 3.97 Å². The highest BCUT2D eigenvalue weighted by Gasteiger charge is 2.23. The number of aliphatic carboxylic acids is 1. The fourth-order valence-electron chi connectivity index (χ4n) is 3.64. The Morgan fingerprint density at radius 1 is 0.939 bits per heavy atom. The van der Waals surface area contributed by atoms with E-state index in [2.05, 4.69) is 0 Å². The molecule has 4 rings (SSSR count). The zero-order valence-corrected chi connectivity index (χ0v) is 18.4. The molecule has 0 saturated heterocycles. The molecule has 3 N–H and O–H groups in total. The van der Waals surface area contributed by atoms with Gasteiger partial charge in [0.05, 0.1) is 17.5 Å². The molecule has 0 atom stereocenters. The van der Waals surface area contributed by atoms with Crippen LogP contribution in [0.5, 0.6) is 17.2 Å². The van der Waals surface area contributed by atoms with Gasteiger partial charge in [0.2, 0.25) is 0 Å². The Morgan fingerprint density at radius 3 is 2.09 bits per heavy atom. The van der Waals surface area contributed by atoms with Gasteiger partial charge in [0.25, 0.3) is 10.0 Å². The van der Waals surface area contributed by atoms with Crippen LogP contribution < -0.4 is 4.74 Å². The molecule has 1 heterocycles. The number of carboxylic acid groups (broad SMARTS) is 1. The molecule has 0 aliphatic carbocycles. The lowest BCUT2D eigenvalue weighted by Gasteiger charge is -2.09. The molecule has 0 radical (unpaired) electrons. The highest BCUT2D eigenvalue weighted by Crippen LogP contribution is 2.35. The van der Waals surface area contributed by atoms with Crippen molar-refractivity contribution in [2.45, 2.75) is 17.7 Å². The molecule has 0 unspecified atom stereocenters. The predicted molar refractivity (Wildman–Crippen MR) is 122 cm³/mol. The van der Waals surface area contributed by atoms with Gasteiger partial charge in [0, 0.05) is 24.1 Å². The summed E-state index contributed by atoms with van der Waals surface area (Å²) in [5.74, 6) is -1.21. The van der Waals surface area contributed by atoms with Crippen LogP contribution in [0.1, 0.15) is 12.0 Å². The van der Waals surface area contributed by atoms with Gasteiger partial charge < -0.3 is 20.1 Å². The normalized spacial score (nSPS) is 11.5. The lowest BCUT2D eigenvalue weighted by molar-refractivity contribution is -0.136. The maximum atomic E-state index is 13.4. The van der Waals surface area contributed by atoms with Crippen molar-refractivity contribution in [2.24, 2.45) is 0 Å². The minimum absolute atomic E-state index is 0.0222. The number of aryl methyl sites for hydroxylation is 1. The molecule has 8 nitrogen and oxygen atoms in total.